The Morgan fingerprint density at radius 1 is 0.867 bits per heavy atom. The highest BCUT2D eigenvalue weighted by atomic mass is 16.3. The maximum absolute atomic E-state index is 8.80. The lowest BCUT2D eigenvalue weighted by Crippen LogP contribution is -2.30. The maximum Gasteiger partial charge on any atom is 0.0558 e. The molecule has 0 heterocycles. The van der Waals surface area contributed by atoms with Crippen molar-refractivity contribution in [3.63, 3.8) is 0 Å². The largest absolute Gasteiger partial charge is 0.395 e. The summed E-state index contributed by atoms with van der Waals surface area (Å²) in [6, 6.07) is 0. The topological polar surface area (TPSA) is 55.7 Å². The summed E-state index contributed by atoms with van der Waals surface area (Å²) in [5, 5.41) is 20.7. The fourth-order valence-electron chi connectivity index (χ4n) is 1.61. The normalized spacial score (nSPS) is 11.2. The van der Waals surface area contributed by atoms with Crippen LogP contribution >= 0.6 is 0 Å². The monoisotopic (exact) mass is 218 g/mol. The van der Waals surface area contributed by atoms with Crippen LogP contribution in [0.15, 0.2) is 0 Å². The minimum Gasteiger partial charge on any atom is -0.395 e. The summed E-state index contributed by atoms with van der Waals surface area (Å²) in [5.74, 6) is 0. The third kappa shape index (κ3) is 10.1. The molecule has 0 saturated carbocycles. The number of hydrogen-bond donors (Lipinski definition) is 3. The van der Waals surface area contributed by atoms with Gasteiger partial charge in [-0.05, 0) is 33.0 Å². The van der Waals surface area contributed by atoms with E-state index in [-0.39, 0.29) is 13.2 Å². The molecule has 0 aromatic heterocycles. The lowest BCUT2D eigenvalue weighted by Gasteiger charge is -2.19. The first-order valence-electron chi connectivity index (χ1n) is 5.93. The summed E-state index contributed by atoms with van der Waals surface area (Å²) >= 11 is 0. The van der Waals surface area contributed by atoms with Crippen molar-refractivity contribution in [2.75, 3.05) is 46.4 Å². The molecule has 0 saturated heterocycles. The highest BCUT2D eigenvalue weighted by Crippen LogP contribution is 2.01. The Labute approximate surface area is 93.3 Å². The molecular weight excluding hydrogens is 192 g/mol. The number of rotatable bonds is 11. The lowest BCUT2D eigenvalue weighted by molar-refractivity contribution is 0.159. The van der Waals surface area contributed by atoms with Gasteiger partial charge in [0.05, 0.1) is 13.2 Å². The van der Waals surface area contributed by atoms with E-state index >= 15 is 0 Å². The SMILES string of the molecule is CNCCCCCCN(CCO)CCO. The molecule has 0 unspecified atom stereocenters. The second-order valence-corrected chi connectivity index (χ2v) is 3.81. The molecule has 0 aromatic carbocycles. The van der Waals surface area contributed by atoms with Gasteiger partial charge in [-0.1, -0.05) is 12.8 Å². The third-order valence-electron chi connectivity index (χ3n) is 2.48. The van der Waals surface area contributed by atoms with Crippen LogP contribution in [0.4, 0.5) is 0 Å². The first-order valence-corrected chi connectivity index (χ1v) is 5.93. The predicted octanol–water partition coefficient (Wildman–Crippen LogP) is 0.0528. The van der Waals surface area contributed by atoms with Gasteiger partial charge < -0.3 is 15.5 Å². The Morgan fingerprint density at radius 2 is 1.47 bits per heavy atom. The molecule has 15 heavy (non-hydrogen) atoms. The van der Waals surface area contributed by atoms with Crippen molar-refractivity contribution in [3.8, 4) is 0 Å². The first-order chi connectivity index (χ1) is 7.35. The van der Waals surface area contributed by atoms with Crippen LogP contribution in [0.5, 0.6) is 0 Å². The van der Waals surface area contributed by atoms with Crippen molar-refractivity contribution in [3.05, 3.63) is 0 Å². The number of nitrogens with one attached hydrogen (secondary N) is 1. The summed E-state index contributed by atoms with van der Waals surface area (Å²) in [6.07, 6.45) is 4.88. The zero-order chi connectivity index (χ0) is 11.4. The highest BCUT2D eigenvalue weighted by molar-refractivity contribution is 4.57. The minimum absolute atomic E-state index is 0.180. The van der Waals surface area contributed by atoms with Crippen LogP contribution in [0.1, 0.15) is 25.7 Å². The molecule has 0 aliphatic rings. The second-order valence-electron chi connectivity index (χ2n) is 3.81. The zero-order valence-electron chi connectivity index (χ0n) is 9.91. The van der Waals surface area contributed by atoms with Crippen LogP contribution in [0.25, 0.3) is 0 Å². The lowest BCUT2D eigenvalue weighted by atomic mass is 10.2. The fourth-order valence-corrected chi connectivity index (χ4v) is 1.61. The van der Waals surface area contributed by atoms with Crippen molar-refractivity contribution in [2.45, 2.75) is 25.7 Å². The van der Waals surface area contributed by atoms with Gasteiger partial charge in [-0.2, -0.15) is 0 Å². The van der Waals surface area contributed by atoms with Gasteiger partial charge in [0.25, 0.3) is 0 Å². The molecule has 0 spiro atoms. The van der Waals surface area contributed by atoms with Crippen molar-refractivity contribution in [1.29, 1.82) is 0 Å². The molecule has 0 atom stereocenters. The van der Waals surface area contributed by atoms with Crippen LogP contribution in [0.3, 0.4) is 0 Å². The van der Waals surface area contributed by atoms with E-state index in [2.05, 4.69) is 10.2 Å². The van der Waals surface area contributed by atoms with Crippen molar-refractivity contribution in [2.24, 2.45) is 0 Å². The van der Waals surface area contributed by atoms with Crippen molar-refractivity contribution in [1.82, 2.24) is 10.2 Å². The number of hydrogen-bond acceptors (Lipinski definition) is 4. The maximum atomic E-state index is 8.80. The van der Waals surface area contributed by atoms with E-state index in [0.29, 0.717) is 13.1 Å². The molecule has 0 bridgehead atoms. The molecule has 0 aromatic rings. The summed E-state index contributed by atoms with van der Waals surface area (Å²) < 4.78 is 0. The molecule has 92 valence electrons. The summed E-state index contributed by atoms with van der Waals surface area (Å²) in [6.45, 7) is 3.80. The van der Waals surface area contributed by atoms with E-state index in [9.17, 15) is 0 Å². The van der Waals surface area contributed by atoms with Gasteiger partial charge in [-0.25, -0.2) is 0 Å². The summed E-state index contributed by atoms with van der Waals surface area (Å²) in [5.41, 5.74) is 0. The van der Waals surface area contributed by atoms with Gasteiger partial charge in [0.15, 0.2) is 0 Å². The van der Waals surface area contributed by atoms with Gasteiger partial charge in [0, 0.05) is 13.1 Å². The van der Waals surface area contributed by atoms with Gasteiger partial charge >= 0.3 is 0 Å². The van der Waals surface area contributed by atoms with Gasteiger partial charge in [0.2, 0.25) is 0 Å². The molecule has 0 aliphatic carbocycles. The summed E-state index contributed by atoms with van der Waals surface area (Å²) in [4.78, 5) is 2.11. The molecule has 0 fully saturated rings. The van der Waals surface area contributed by atoms with Crippen LogP contribution in [-0.4, -0.2) is 61.6 Å². The standard InChI is InChI=1S/C11H26N2O2/c1-12-6-4-2-3-5-7-13(8-10-14)9-11-15/h12,14-15H,2-11H2,1H3. The number of aliphatic hydroxyl groups is 2. The molecule has 3 N–H and O–H groups in total. The van der Waals surface area contributed by atoms with E-state index in [1.165, 1.54) is 19.3 Å². The van der Waals surface area contributed by atoms with Crippen LogP contribution in [-0.2, 0) is 0 Å². The smallest absolute Gasteiger partial charge is 0.0558 e. The fraction of sp³-hybridized carbons (Fsp3) is 1.00. The van der Waals surface area contributed by atoms with Crippen LogP contribution in [0.2, 0.25) is 0 Å². The Balaban J connectivity index is 3.28. The predicted molar refractivity (Wildman–Crippen MR) is 63.0 cm³/mol. The molecule has 0 aliphatic heterocycles. The minimum atomic E-state index is 0.180. The van der Waals surface area contributed by atoms with E-state index in [4.69, 9.17) is 10.2 Å². The molecule has 4 nitrogen and oxygen atoms in total. The quantitative estimate of drug-likeness (QED) is 0.429. The van der Waals surface area contributed by atoms with Gasteiger partial charge in [-0.15, -0.1) is 0 Å². The molecule has 4 heteroatoms. The average Bonchev–Trinajstić information content (AvgIpc) is 2.24. The Kier molecular flexibility index (Phi) is 11.8. The second kappa shape index (κ2) is 11.9. The van der Waals surface area contributed by atoms with Crippen molar-refractivity contribution < 1.29 is 10.2 Å². The zero-order valence-corrected chi connectivity index (χ0v) is 9.91. The van der Waals surface area contributed by atoms with E-state index in [1.54, 1.807) is 0 Å². The molecular formula is C11H26N2O2. The molecule has 0 amide bonds. The molecule has 0 rings (SSSR count). The third-order valence-corrected chi connectivity index (χ3v) is 2.48. The first kappa shape index (κ1) is 14.8. The summed E-state index contributed by atoms with van der Waals surface area (Å²) in [7, 11) is 1.98. The Hall–Kier alpha value is -0.160. The van der Waals surface area contributed by atoms with Gasteiger partial charge in [0.1, 0.15) is 0 Å². The van der Waals surface area contributed by atoms with E-state index < -0.39 is 0 Å². The number of unbranched alkanes of at least 4 members (excludes halogenated alkanes) is 3. The van der Waals surface area contributed by atoms with Gasteiger partial charge in [-0.3, -0.25) is 4.90 Å². The highest BCUT2D eigenvalue weighted by Gasteiger charge is 2.02. The van der Waals surface area contributed by atoms with E-state index in [1.807, 2.05) is 7.05 Å². The average molecular weight is 218 g/mol. The van der Waals surface area contributed by atoms with E-state index in [0.717, 1.165) is 19.5 Å². The number of nitrogens with zero attached hydrogens (tertiary/aromatic N) is 1. The van der Waals surface area contributed by atoms with Crippen LogP contribution < -0.4 is 5.32 Å². The Bertz CT molecular complexity index is 117. The van der Waals surface area contributed by atoms with Crippen molar-refractivity contribution >= 4 is 0 Å². The van der Waals surface area contributed by atoms with Crippen LogP contribution in [0, 0.1) is 0 Å². The molecule has 0 radical (unpaired) electrons. The number of aliphatic hydroxyl groups excluding tert-OH is 2. The Morgan fingerprint density at radius 3 is 2.00 bits per heavy atom.